The van der Waals surface area contributed by atoms with E-state index in [1.807, 2.05) is 13.8 Å². The SMILES string of the molecule is CC(C)CNC(=O)CNCCNC(=O)N(C)C. The maximum atomic E-state index is 11.3. The number of nitrogens with one attached hydrogen (secondary N) is 3. The van der Waals surface area contributed by atoms with Crippen molar-refractivity contribution in [3.63, 3.8) is 0 Å². The Bertz CT molecular complexity index is 242. The molecule has 0 heterocycles. The molecule has 0 aromatic rings. The number of hydrogen-bond acceptors (Lipinski definition) is 3. The van der Waals surface area contributed by atoms with Gasteiger partial charge in [0.15, 0.2) is 0 Å². The van der Waals surface area contributed by atoms with Crippen molar-refractivity contribution >= 4 is 11.9 Å². The first-order chi connectivity index (χ1) is 7.93. The van der Waals surface area contributed by atoms with Gasteiger partial charge in [0.25, 0.3) is 0 Å². The monoisotopic (exact) mass is 244 g/mol. The fraction of sp³-hybridized carbons (Fsp3) is 0.818. The number of carbonyl (C=O) groups is 2. The van der Waals surface area contributed by atoms with Gasteiger partial charge in [-0.3, -0.25) is 4.79 Å². The predicted octanol–water partition coefficient (Wildman–Crippen LogP) is -0.381. The van der Waals surface area contributed by atoms with Crippen molar-refractivity contribution in [2.45, 2.75) is 13.8 Å². The van der Waals surface area contributed by atoms with Crippen LogP contribution in [0.2, 0.25) is 0 Å². The second-order valence-corrected chi connectivity index (χ2v) is 4.50. The van der Waals surface area contributed by atoms with Crippen LogP contribution in [0.5, 0.6) is 0 Å². The van der Waals surface area contributed by atoms with E-state index in [1.54, 1.807) is 14.1 Å². The van der Waals surface area contributed by atoms with Gasteiger partial charge < -0.3 is 20.9 Å². The fourth-order valence-electron chi connectivity index (χ4n) is 0.998. The lowest BCUT2D eigenvalue weighted by Gasteiger charge is -2.12. The van der Waals surface area contributed by atoms with Crippen LogP contribution in [-0.4, -0.2) is 57.1 Å². The van der Waals surface area contributed by atoms with Crippen molar-refractivity contribution in [1.29, 1.82) is 0 Å². The molecule has 17 heavy (non-hydrogen) atoms. The molecule has 0 aliphatic heterocycles. The van der Waals surface area contributed by atoms with Gasteiger partial charge in [0.05, 0.1) is 6.54 Å². The third kappa shape index (κ3) is 9.62. The molecular weight excluding hydrogens is 220 g/mol. The number of urea groups is 1. The minimum Gasteiger partial charge on any atom is -0.355 e. The van der Waals surface area contributed by atoms with E-state index in [0.717, 1.165) is 0 Å². The third-order valence-electron chi connectivity index (χ3n) is 1.98. The molecule has 6 heteroatoms. The molecule has 0 aromatic heterocycles. The molecule has 0 fully saturated rings. The van der Waals surface area contributed by atoms with E-state index >= 15 is 0 Å². The van der Waals surface area contributed by atoms with Gasteiger partial charge in [-0.1, -0.05) is 13.8 Å². The van der Waals surface area contributed by atoms with E-state index in [9.17, 15) is 9.59 Å². The van der Waals surface area contributed by atoms with Crippen LogP contribution in [0.3, 0.4) is 0 Å². The van der Waals surface area contributed by atoms with Gasteiger partial charge in [-0.15, -0.1) is 0 Å². The van der Waals surface area contributed by atoms with Gasteiger partial charge in [-0.2, -0.15) is 0 Å². The molecule has 0 unspecified atom stereocenters. The van der Waals surface area contributed by atoms with Crippen LogP contribution >= 0.6 is 0 Å². The maximum Gasteiger partial charge on any atom is 0.316 e. The van der Waals surface area contributed by atoms with Crippen molar-refractivity contribution in [2.75, 3.05) is 40.3 Å². The van der Waals surface area contributed by atoms with Gasteiger partial charge >= 0.3 is 6.03 Å². The summed E-state index contributed by atoms with van der Waals surface area (Å²) in [5.41, 5.74) is 0. The van der Waals surface area contributed by atoms with E-state index < -0.39 is 0 Å². The lowest BCUT2D eigenvalue weighted by Crippen LogP contribution is -2.41. The molecule has 3 N–H and O–H groups in total. The summed E-state index contributed by atoms with van der Waals surface area (Å²) in [6.07, 6.45) is 0. The summed E-state index contributed by atoms with van der Waals surface area (Å²) in [5.74, 6) is 0.441. The first-order valence-corrected chi connectivity index (χ1v) is 5.86. The Labute approximate surface area is 103 Å². The normalized spacial score (nSPS) is 10.2. The van der Waals surface area contributed by atoms with Crippen molar-refractivity contribution < 1.29 is 9.59 Å². The second-order valence-electron chi connectivity index (χ2n) is 4.50. The molecule has 0 aliphatic rings. The van der Waals surface area contributed by atoms with Gasteiger partial charge in [-0.25, -0.2) is 4.79 Å². The minimum atomic E-state index is -0.129. The first-order valence-electron chi connectivity index (χ1n) is 5.86. The highest BCUT2D eigenvalue weighted by molar-refractivity contribution is 5.78. The zero-order valence-corrected chi connectivity index (χ0v) is 11.2. The van der Waals surface area contributed by atoms with Crippen LogP contribution in [0, 0.1) is 5.92 Å². The van der Waals surface area contributed by atoms with Crippen molar-refractivity contribution in [3.8, 4) is 0 Å². The standard InChI is InChI=1S/C11H24N4O2/c1-9(2)7-14-10(16)8-12-5-6-13-11(17)15(3)4/h9,12H,5-8H2,1-4H3,(H,13,17)(H,14,16). The predicted molar refractivity (Wildman–Crippen MR) is 67.8 cm³/mol. The van der Waals surface area contributed by atoms with Crippen molar-refractivity contribution in [1.82, 2.24) is 20.9 Å². The van der Waals surface area contributed by atoms with Crippen LogP contribution in [-0.2, 0) is 4.79 Å². The molecule has 0 saturated heterocycles. The number of hydrogen-bond donors (Lipinski definition) is 3. The summed E-state index contributed by atoms with van der Waals surface area (Å²) in [7, 11) is 3.37. The summed E-state index contributed by atoms with van der Waals surface area (Å²) in [5, 5.41) is 8.46. The summed E-state index contributed by atoms with van der Waals surface area (Å²) in [6.45, 7) is 6.15. The van der Waals surface area contributed by atoms with E-state index in [4.69, 9.17) is 0 Å². The molecule has 6 nitrogen and oxygen atoms in total. The second kappa shape index (κ2) is 8.81. The molecule has 0 aromatic carbocycles. The van der Waals surface area contributed by atoms with E-state index in [-0.39, 0.29) is 18.5 Å². The lowest BCUT2D eigenvalue weighted by molar-refractivity contribution is -0.120. The minimum absolute atomic E-state index is 0.0161. The summed E-state index contributed by atoms with van der Waals surface area (Å²) in [4.78, 5) is 23.9. The molecule has 0 rings (SSSR count). The van der Waals surface area contributed by atoms with Crippen molar-refractivity contribution in [2.24, 2.45) is 5.92 Å². The largest absolute Gasteiger partial charge is 0.355 e. The van der Waals surface area contributed by atoms with Crippen LogP contribution in [0.1, 0.15) is 13.8 Å². The Kier molecular flexibility index (Phi) is 8.13. The van der Waals surface area contributed by atoms with Crippen LogP contribution in [0.25, 0.3) is 0 Å². The average molecular weight is 244 g/mol. The topological polar surface area (TPSA) is 73.5 Å². The Morgan fingerprint density at radius 3 is 2.29 bits per heavy atom. The highest BCUT2D eigenvalue weighted by Gasteiger charge is 2.03. The zero-order valence-electron chi connectivity index (χ0n) is 11.2. The fourth-order valence-corrected chi connectivity index (χ4v) is 0.998. The van der Waals surface area contributed by atoms with Gasteiger partial charge in [-0.05, 0) is 5.92 Å². The highest BCUT2D eigenvalue weighted by Crippen LogP contribution is 1.85. The average Bonchev–Trinajstić information content (AvgIpc) is 2.25. The third-order valence-corrected chi connectivity index (χ3v) is 1.98. The molecule has 0 spiro atoms. The first kappa shape index (κ1) is 15.7. The summed E-state index contributed by atoms with van der Waals surface area (Å²) < 4.78 is 0. The highest BCUT2D eigenvalue weighted by atomic mass is 16.2. The quantitative estimate of drug-likeness (QED) is 0.534. The van der Waals surface area contributed by atoms with E-state index in [0.29, 0.717) is 25.6 Å². The maximum absolute atomic E-state index is 11.3. The Morgan fingerprint density at radius 2 is 1.76 bits per heavy atom. The molecule has 0 radical (unpaired) electrons. The number of rotatable bonds is 7. The summed E-state index contributed by atoms with van der Waals surface area (Å²) in [6, 6.07) is -0.129. The molecule has 0 atom stereocenters. The zero-order chi connectivity index (χ0) is 13.3. The molecule has 0 aliphatic carbocycles. The van der Waals surface area contributed by atoms with E-state index in [2.05, 4.69) is 16.0 Å². The van der Waals surface area contributed by atoms with Crippen LogP contribution < -0.4 is 16.0 Å². The molecule has 0 saturated carbocycles. The van der Waals surface area contributed by atoms with Crippen LogP contribution in [0.4, 0.5) is 4.79 Å². The Balaban J connectivity index is 3.39. The number of amides is 3. The smallest absolute Gasteiger partial charge is 0.316 e. The molecule has 100 valence electrons. The van der Waals surface area contributed by atoms with Crippen LogP contribution in [0.15, 0.2) is 0 Å². The van der Waals surface area contributed by atoms with Gasteiger partial charge in [0.2, 0.25) is 5.91 Å². The molecule has 0 bridgehead atoms. The van der Waals surface area contributed by atoms with Gasteiger partial charge in [0.1, 0.15) is 0 Å². The van der Waals surface area contributed by atoms with Crippen molar-refractivity contribution in [3.05, 3.63) is 0 Å². The Morgan fingerprint density at radius 1 is 1.12 bits per heavy atom. The summed E-state index contributed by atoms with van der Waals surface area (Å²) >= 11 is 0. The Hall–Kier alpha value is -1.30. The molecular formula is C11H24N4O2. The van der Waals surface area contributed by atoms with Gasteiger partial charge in [0, 0.05) is 33.7 Å². The number of carbonyl (C=O) groups excluding carboxylic acids is 2. The lowest BCUT2D eigenvalue weighted by atomic mass is 10.2. The van der Waals surface area contributed by atoms with E-state index in [1.165, 1.54) is 4.90 Å². The number of nitrogens with zero attached hydrogens (tertiary/aromatic N) is 1. The molecule has 3 amide bonds.